The van der Waals surface area contributed by atoms with Gasteiger partial charge in [-0.2, -0.15) is 0 Å². The van der Waals surface area contributed by atoms with Crippen LogP contribution in [0.4, 0.5) is 0 Å². The average Bonchev–Trinajstić information content (AvgIpc) is 2.83. The van der Waals surface area contributed by atoms with Gasteiger partial charge in [-0.3, -0.25) is 4.98 Å². The van der Waals surface area contributed by atoms with Crippen molar-refractivity contribution >= 4 is 21.9 Å². The maximum Gasteiger partial charge on any atom is 0.343 e. The summed E-state index contributed by atoms with van der Waals surface area (Å²) in [6.07, 6.45) is 3.37. The number of para-hydroxylation sites is 2. The third kappa shape index (κ3) is 3.74. The van der Waals surface area contributed by atoms with Crippen LogP contribution in [0.2, 0.25) is 0 Å². The Morgan fingerprint density at radius 1 is 0.697 bits per heavy atom. The number of fused-ring (bicyclic) bond motifs is 2. The number of pyridine rings is 1. The molecule has 3 aromatic heterocycles. The number of hydrogen-bond acceptors (Lipinski definition) is 7. The molecule has 5 aromatic rings. The molecule has 0 aliphatic rings. The Morgan fingerprint density at radius 2 is 1.15 bits per heavy atom. The minimum atomic E-state index is -0.653. The molecule has 0 aliphatic carbocycles. The van der Waals surface area contributed by atoms with Crippen molar-refractivity contribution in [1.29, 1.82) is 0 Å². The summed E-state index contributed by atoms with van der Waals surface area (Å²) in [4.78, 5) is 29.5. The summed E-state index contributed by atoms with van der Waals surface area (Å²) in [6, 6.07) is 17.0. The summed E-state index contributed by atoms with van der Waals surface area (Å²) in [5, 5.41) is 22.5. The van der Waals surface area contributed by atoms with Gasteiger partial charge in [0.05, 0.1) is 21.9 Å². The molecule has 0 radical (unpaired) electrons. The van der Waals surface area contributed by atoms with Crippen LogP contribution in [0.15, 0.2) is 91.5 Å². The molecular weight excluding hydrogens is 422 g/mol. The molecule has 0 atom stereocenters. The van der Waals surface area contributed by atoms with Crippen LogP contribution in [0.25, 0.3) is 21.9 Å². The lowest BCUT2D eigenvalue weighted by Crippen LogP contribution is -2.18. The summed E-state index contributed by atoms with van der Waals surface area (Å²) < 4.78 is 10.8. The van der Waals surface area contributed by atoms with E-state index in [0.29, 0.717) is 10.8 Å². The molecule has 0 fully saturated rings. The zero-order chi connectivity index (χ0) is 22.9. The molecule has 0 aliphatic heterocycles. The monoisotopic (exact) mass is 441 g/mol. The van der Waals surface area contributed by atoms with Crippen molar-refractivity contribution < 1.29 is 19.0 Å². The van der Waals surface area contributed by atoms with Gasteiger partial charge in [-0.1, -0.05) is 24.3 Å². The second-order valence-electron chi connectivity index (χ2n) is 7.81. The van der Waals surface area contributed by atoms with Crippen LogP contribution in [-0.2, 0) is 12.8 Å². The molecule has 2 aromatic carbocycles. The Labute approximate surface area is 187 Å². The van der Waals surface area contributed by atoms with E-state index in [1.54, 1.807) is 73.1 Å². The fraction of sp³-hybridized carbons (Fsp3) is 0.115. The van der Waals surface area contributed by atoms with Crippen LogP contribution in [0.3, 0.4) is 0 Å². The van der Waals surface area contributed by atoms with Gasteiger partial charge in [-0.05, 0) is 60.7 Å². The number of aromatic nitrogens is 1. The minimum absolute atomic E-state index is 0.0781. The van der Waals surface area contributed by atoms with Crippen LogP contribution in [0, 0.1) is 0 Å². The van der Waals surface area contributed by atoms with Gasteiger partial charge in [0, 0.05) is 12.4 Å². The van der Waals surface area contributed by atoms with Gasteiger partial charge in [0.25, 0.3) is 0 Å². The van der Waals surface area contributed by atoms with E-state index in [4.69, 9.17) is 8.83 Å². The van der Waals surface area contributed by atoms with E-state index in [-0.39, 0.29) is 46.6 Å². The van der Waals surface area contributed by atoms with Gasteiger partial charge in [-0.15, -0.1) is 0 Å². The van der Waals surface area contributed by atoms with Crippen molar-refractivity contribution in [1.82, 2.24) is 4.98 Å². The zero-order valence-electron chi connectivity index (χ0n) is 17.4. The lowest BCUT2D eigenvalue weighted by molar-refractivity contribution is 0.443. The third-order valence-corrected chi connectivity index (χ3v) is 5.83. The highest BCUT2D eigenvalue weighted by molar-refractivity contribution is 5.84. The van der Waals surface area contributed by atoms with E-state index < -0.39 is 17.2 Å². The second kappa shape index (κ2) is 8.27. The Balaban J connectivity index is 1.62. The van der Waals surface area contributed by atoms with Gasteiger partial charge in [0.1, 0.15) is 22.7 Å². The Bertz CT molecular complexity index is 1490. The molecule has 0 saturated carbocycles. The normalized spacial score (nSPS) is 11.4. The lowest BCUT2D eigenvalue weighted by Gasteiger charge is -2.18. The second-order valence-corrected chi connectivity index (χ2v) is 7.81. The summed E-state index contributed by atoms with van der Waals surface area (Å²) in [5.74, 6) is -0.760. The van der Waals surface area contributed by atoms with E-state index in [1.165, 1.54) is 0 Å². The first-order chi connectivity index (χ1) is 16.0. The van der Waals surface area contributed by atoms with Gasteiger partial charge >= 0.3 is 11.3 Å². The van der Waals surface area contributed by atoms with E-state index >= 15 is 0 Å². The predicted octanol–water partition coefficient (Wildman–Crippen LogP) is 4.27. The Morgan fingerprint density at radius 3 is 1.64 bits per heavy atom. The molecule has 7 heteroatoms. The number of hydrogen-bond donors (Lipinski definition) is 2. The molecule has 0 saturated heterocycles. The van der Waals surface area contributed by atoms with Crippen molar-refractivity contribution in [3.8, 4) is 11.5 Å². The third-order valence-electron chi connectivity index (χ3n) is 5.83. The van der Waals surface area contributed by atoms with E-state index in [9.17, 15) is 19.8 Å². The number of aromatic hydroxyl groups is 2. The van der Waals surface area contributed by atoms with Gasteiger partial charge < -0.3 is 19.0 Å². The first-order valence-corrected chi connectivity index (χ1v) is 10.4. The SMILES string of the molecule is O=c1oc2ccccc2c(O)c1CC(Cc1c(O)c2ccccc2oc1=O)c1ccncc1. The smallest absolute Gasteiger partial charge is 0.343 e. The maximum atomic E-state index is 12.7. The molecule has 33 heavy (non-hydrogen) atoms. The first-order valence-electron chi connectivity index (χ1n) is 10.4. The molecular formula is C26H19NO6. The number of benzene rings is 2. The van der Waals surface area contributed by atoms with Crippen LogP contribution in [0.1, 0.15) is 22.6 Å². The Kier molecular flexibility index (Phi) is 5.14. The van der Waals surface area contributed by atoms with Gasteiger partial charge in [0.15, 0.2) is 0 Å². The van der Waals surface area contributed by atoms with Crippen molar-refractivity contribution in [2.45, 2.75) is 18.8 Å². The fourth-order valence-electron chi connectivity index (χ4n) is 4.14. The standard InChI is InChI=1S/C26H19NO6/c28-23-17-5-1-3-7-21(17)32-25(30)19(23)13-16(15-9-11-27-12-10-15)14-20-24(29)18-6-2-4-8-22(18)33-26(20)31/h1-12,16,28-29H,13-14H2. The summed E-state index contributed by atoms with van der Waals surface area (Å²) in [6.45, 7) is 0. The summed E-state index contributed by atoms with van der Waals surface area (Å²) in [7, 11) is 0. The largest absolute Gasteiger partial charge is 0.507 e. The predicted molar refractivity (Wildman–Crippen MR) is 123 cm³/mol. The molecule has 0 amide bonds. The molecule has 164 valence electrons. The highest BCUT2D eigenvalue weighted by atomic mass is 16.4. The van der Waals surface area contributed by atoms with Gasteiger partial charge in [0.2, 0.25) is 0 Å². The number of rotatable bonds is 5. The quantitative estimate of drug-likeness (QED) is 0.392. The topological polar surface area (TPSA) is 114 Å². The van der Waals surface area contributed by atoms with Crippen molar-refractivity contribution in [2.75, 3.05) is 0 Å². The highest BCUT2D eigenvalue weighted by Gasteiger charge is 2.24. The van der Waals surface area contributed by atoms with Crippen molar-refractivity contribution in [3.05, 3.63) is 111 Å². The fourth-order valence-corrected chi connectivity index (χ4v) is 4.14. The molecule has 0 spiro atoms. The maximum absolute atomic E-state index is 12.7. The molecule has 3 heterocycles. The van der Waals surface area contributed by atoms with Gasteiger partial charge in [-0.25, -0.2) is 9.59 Å². The number of nitrogens with zero attached hydrogens (tertiary/aromatic N) is 1. The summed E-state index contributed by atoms with van der Waals surface area (Å²) in [5.41, 5.74) is 0.249. The van der Waals surface area contributed by atoms with E-state index in [2.05, 4.69) is 4.98 Å². The van der Waals surface area contributed by atoms with Crippen LogP contribution in [-0.4, -0.2) is 15.2 Å². The lowest BCUT2D eigenvalue weighted by atomic mass is 9.87. The zero-order valence-corrected chi connectivity index (χ0v) is 17.4. The molecule has 2 N–H and O–H groups in total. The van der Waals surface area contributed by atoms with Crippen LogP contribution < -0.4 is 11.3 Å². The Hall–Kier alpha value is -4.39. The van der Waals surface area contributed by atoms with Crippen LogP contribution >= 0.6 is 0 Å². The van der Waals surface area contributed by atoms with Crippen LogP contribution in [0.5, 0.6) is 11.5 Å². The molecule has 5 rings (SSSR count). The van der Waals surface area contributed by atoms with E-state index in [0.717, 1.165) is 5.56 Å². The van der Waals surface area contributed by atoms with E-state index in [1.807, 2.05) is 0 Å². The molecule has 7 nitrogen and oxygen atoms in total. The first kappa shape index (κ1) is 20.5. The van der Waals surface area contributed by atoms with Crippen molar-refractivity contribution in [2.24, 2.45) is 0 Å². The average molecular weight is 441 g/mol. The molecule has 0 bridgehead atoms. The minimum Gasteiger partial charge on any atom is -0.507 e. The summed E-state index contributed by atoms with van der Waals surface area (Å²) >= 11 is 0. The molecule has 0 unspecified atom stereocenters. The van der Waals surface area contributed by atoms with Crippen molar-refractivity contribution in [3.63, 3.8) is 0 Å². The highest BCUT2D eigenvalue weighted by Crippen LogP contribution is 2.34.